The smallest absolute Gasteiger partial charge is 0.222 e. The summed E-state index contributed by atoms with van der Waals surface area (Å²) in [6.45, 7) is 4.51. The summed E-state index contributed by atoms with van der Waals surface area (Å²) < 4.78 is 0. The number of hydrogen-bond acceptors (Lipinski definition) is 2. The van der Waals surface area contributed by atoms with Crippen LogP contribution >= 0.6 is 0 Å². The van der Waals surface area contributed by atoms with Crippen LogP contribution in [0.1, 0.15) is 18.9 Å². The van der Waals surface area contributed by atoms with Crippen molar-refractivity contribution < 1.29 is 4.79 Å². The number of amides is 1. The molecular weight excluding hydrogens is 212 g/mol. The number of carbonyl (C=O) groups is 1. The first-order valence-corrected chi connectivity index (χ1v) is 6.34. The van der Waals surface area contributed by atoms with Gasteiger partial charge in [0.15, 0.2) is 0 Å². The summed E-state index contributed by atoms with van der Waals surface area (Å²) in [6.07, 6.45) is 1.60. The summed E-state index contributed by atoms with van der Waals surface area (Å²) >= 11 is 0. The van der Waals surface area contributed by atoms with Crippen LogP contribution in [0.15, 0.2) is 30.3 Å². The third-order valence-corrected chi connectivity index (χ3v) is 3.24. The van der Waals surface area contributed by atoms with Crippen LogP contribution in [0.4, 0.5) is 0 Å². The molecule has 1 fully saturated rings. The van der Waals surface area contributed by atoms with Gasteiger partial charge in [0.05, 0.1) is 0 Å². The van der Waals surface area contributed by atoms with E-state index in [-0.39, 0.29) is 5.91 Å². The summed E-state index contributed by atoms with van der Waals surface area (Å²) in [4.78, 5) is 13.6. The van der Waals surface area contributed by atoms with E-state index in [9.17, 15) is 4.79 Å². The first kappa shape index (κ1) is 12.1. The second-order valence-corrected chi connectivity index (χ2v) is 4.53. The lowest BCUT2D eigenvalue weighted by atomic mass is 10.0. The van der Waals surface area contributed by atoms with Crippen molar-refractivity contribution in [3.8, 4) is 0 Å². The summed E-state index contributed by atoms with van der Waals surface area (Å²) in [5.74, 6) is 0.268. The van der Waals surface area contributed by atoms with Crippen molar-refractivity contribution in [1.29, 1.82) is 0 Å². The van der Waals surface area contributed by atoms with Gasteiger partial charge in [-0.2, -0.15) is 0 Å². The van der Waals surface area contributed by atoms with Crippen LogP contribution in [0.2, 0.25) is 0 Å². The maximum Gasteiger partial charge on any atom is 0.222 e. The van der Waals surface area contributed by atoms with Crippen LogP contribution in [-0.2, 0) is 11.2 Å². The third kappa shape index (κ3) is 3.30. The Bertz CT molecular complexity index is 364. The number of nitrogens with one attached hydrogen (secondary N) is 1. The van der Waals surface area contributed by atoms with E-state index in [4.69, 9.17) is 0 Å². The van der Waals surface area contributed by atoms with Crippen molar-refractivity contribution in [3.63, 3.8) is 0 Å². The van der Waals surface area contributed by atoms with Gasteiger partial charge in [-0.05, 0) is 12.0 Å². The Kier molecular flexibility index (Phi) is 4.15. The van der Waals surface area contributed by atoms with Crippen LogP contribution < -0.4 is 5.32 Å². The number of benzene rings is 1. The fraction of sp³-hybridized carbons (Fsp3) is 0.500. The summed E-state index contributed by atoms with van der Waals surface area (Å²) in [7, 11) is 0. The van der Waals surface area contributed by atoms with E-state index in [0.717, 1.165) is 26.1 Å². The minimum absolute atomic E-state index is 0.268. The lowest BCUT2D eigenvalue weighted by Crippen LogP contribution is -2.53. The predicted octanol–water partition coefficient (Wildman–Crippen LogP) is 1.44. The summed E-state index contributed by atoms with van der Waals surface area (Å²) in [5.41, 5.74) is 1.33. The predicted molar refractivity (Wildman–Crippen MR) is 68.8 cm³/mol. The minimum Gasteiger partial charge on any atom is -0.340 e. The number of nitrogens with zero attached hydrogens (tertiary/aromatic N) is 1. The van der Waals surface area contributed by atoms with E-state index in [0.29, 0.717) is 12.5 Å². The fourth-order valence-corrected chi connectivity index (χ4v) is 2.31. The maximum atomic E-state index is 11.7. The molecule has 0 radical (unpaired) electrons. The van der Waals surface area contributed by atoms with Crippen molar-refractivity contribution >= 4 is 5.91 Å². The topological polar surface area (TPSA) is 32.3 Å². The monoisotopic (exact) mass is 232 g/mol. The zero-order valence-electron chi connectivity index (χ0n) is 10.4. The van der Waals surface area contributed by atoms with E-state index in [1.165, 1.54) is 5.56 Å². The number of carbonyl (C=O) groups excluding carboxylic acids is 1. The molecule has 1 aromatic rings. The average Bonchev–Trinajstić information content (AvgIpc) is 2.39. The molecule has 1 N–H and O–H groups in total. The van der Waals surface area contributed by atoms with Crippen LogP contribution in [0.3, 0.4) is 0 Å². The van der Waals surface area contributed by atoms with Gasteiger partial charge in [-0.15, -0.1) is 0 Å². The highest BCUT2D eigenvalue weighted by Gasteiger charge is 2.21. The second-order valence-electron chi connectivity index (χ2n) is 4.53. The average molecular weight is 232 g/mol. The van der Waals surface area contributed by atoms with Crippen LogP contribution in [0, 0.1) is 0 Å². The van der Waals surface area contributed by atoms with Crippen LogP contribution in [-0.4, -0.2) is 36.5 Å². The lowest BCUT2D eigenvalue weighted by molar-refractivity contribution is -0.132. The van der Waals surface area contributed by atoms with Gasteiger partial charge in [0.2, 0.25) is 5.91 Å². The normalized spacial score (nSPS) is 20.3. The Morgan fingerprint density at radius 1 is 1.41 bits per heavy atom. The second kappa shape index (κ2) is 5.82. The fourth-order valence-electron chi connectivity index (χ4n) is 2.31. The molecule has 0 bridgehead atoms. The molecule has 1 unspecified atom stereocenters. The van der Waals surface area contributed by atoms with Crippen molar-refractivity contribution in [1.82, 2.24) is 10.2 Å². The van der Waals surface area contributed by atoms with Crippen molar-refractivity contribution in [2.45, 2.75) is 25.8 Å². The number of piperazine rings is 1. The molecule has 92 valence electrons. The highest BCUT2D eigenvalue weighted by atomic mass is 16.2. The molecule has 0 spiro atoms. The molecule has 2 rings (SSSR count). The minimum atomic E-state index is 0.268. The number of rotatable bonds is 3. The zero-order chi connectivity index (χ0) is 12.1. The van der Waals surface area contributed by atoms with Gasteiger partial charge < -0.3 is 10.2 Å². The van der Waals surface area contributed by atoms with E-state index in [1.807, 2.05) is 17.9 Å². The van der Waals surface area contributed by atoms with Gasteiger partial charge in [0.25, 0.3) is 0 Å². The quantitative estimate of drug-likeness (QED) is 0.855. The summed E-state index contributed by atoms with van der Waals surface area (Å²) in [6, 6.07) is 10.8. The molecular formula is C14H20N2O. The van der Waals surface area contributed by atoms with Gasteiger partial charge in [0.1, 0.15) is 0 Å². The third-order valence-electron chi connectivity index (χ3n) is 3.24. The first-order valence-electron chi connectivity index (χ1n) is 6.34. The Morgan fingerprint density at radius 2 is 2.18 bits per heavy atom. The van der Waals surface area contributed by atoms with Crippen LogP contribution in [0.25, 0.3) is 0 Å². The van der Waals surface area contributed by atoms with Gasteiger partial charge >= 0.3 is 0 Å². The molecule has 1 aliphatic heterocycles. The Balaban J connectivity index is 1.92. The molecule has 0 aliphatic carbocycles. The lowest BCUT2D eigenvalue weighted by Gasteiger charge is -2.33. The molecule has 1 heterocycles. The molecule has 3 heteroatoms. The molecule has 1 aromatic carbocycles. The van der Waals surface area contributed by atoms with E-state index in [2.05, 4.69) is 29.6 Å². The first-order chi connectivity index (χ1) is 8.29. The van der Waals surface area contributed by atoms with Gasteiger partial charge in [0, 0.05) is 32.1 Å². The molecule has 1 atom stereocenters. The van der Waals surface area contributed by atoms with Crippen molar-refractivity contribution in [2.75, 3.05) is 19.6 Å². The molecule has 1 saturated heterocycles. The Hall–Kier alpha value is -1.35. The van der Waals surface area contributed by atoms with Gasteiger partial charge in [-0.1, -0.05) is 37.3 Å². The molecule has 1 amide bonds. The highest BCUT2D eigenvalue weighted by Crippen LogP contribution is 2.08. The van der Waals surface area contributed by atoms with Crippen LogP contribution in [0.5, 0.6) is 0 Å². The zero-order valence-corrected chi connectivity index (χ0v) is 10.4. The molecule has 3 nitrogen and oxygen atoms in total. The van der Waals surface area contributed by atoms with E-state index in [1.54, 1.807) is 0 Å². The van der Waals surface area contributed by atoms with Gasteiger partial charge in [-0.25, -0.2) is 0 Å². The SMILES string of the molecule is CCC(=O)N1CCNC(Cc2ccccc2)C1. The molecule has 0 aromatic heterocycles. The maximum absolute atomic E-state index is 11.7. The van der Waals surface area contributed by atoms with Gasteiger partial charge in [-0.3, -0.25) is 4.79 Å². The van der Waals surface area contributed by atoms with E-state index >= 15 is 0 Å². The summed E-state index contributed by atoms with van der Waals surface area (Å²) in [5, 5.41) is 3.48. The van der Waals surface area contributed by atoms with Crippen molar-refractivity contribution in [3.05, 3.63) is 35.9 Å². The number of hydrogen-bond donors (Lipinski definition) is 1. The highest BCUT2D eigenvalue weighted by molar-refractivity contribution is 5.75. The Labute approximate surface area is 103 Å². The Morgan fingerprint density at radius 3 is 2.88 bits per heavy atom. The molecule has 17 heavy (non-hydrogen) atoms. The molecule has 1 aliphatic rings. The van der Waals surface area contributed by atoms with E-state index < -0.39 is 0 Å². The standard InChI is InChI=1S/C14H20N2O/c1-2-14(17)16-9-8-15-13(11-16)10-12-6-4-3-5-7-12/h3-7,13,15H,2,8-11H2,1H3. The van der Waals surface area contributed by atoms with Crippen molar-refractivity contribution in [2.24, 2.45) is 0 Å². The molecule has 0 saturated carbocycles. The largest absolute Gasteiger partial charge is 0.340 e.